The summed E-state index contributed by atoms with van der Waals surface area (Å²) in [6.07, 6.45) is 0. The third-order valence-corrected chi connectivity index (χ3v) is 2.77. The van der Waals surface area contributed by atoms with Crippen LogP contribution in [0.5, 0.6) is 0 Å². The van der Waals surface area contributed by atoms with Crippen LogP contribution in [0.25, 0.3) is 0 Å². The van der Waals surface area contributed by atoms with E-state index in [1.54, 1.807) is 0 Å². The van der Waals surface area contributed by atoms with E-state index >= 15 is 0 Å². The number of hydrogen-bond acceptors (Lipinski definition) is 3. The first-order chi connectivity index (χ1) is 7.02. The van der Waals surface area contributed by atoms with Gasteiger partial charge in [-0.1, -0.05) is 0 Å². The molecule has 78 valence electrons. The van der Waals surface area contributed by atoms with Gasteiger partial charge in [-0.2, -0.15) is 4.39 Å². The molecule has 0 atom stereocenters. The molecule has 5 nitrogen and oxygen atoms in total. The summed E-state index contributed by atoms with van der Waals surface area (Å²) < 4.78 is 13.5. The van der Waals surface area contributed by atoms with Crippen molar-refractivity contribution in [3.8, 4) is 0 Å². The highest BCUT2D eigenvalue weighted by molar-refractivity contribution is 9.10. The summed E-state index contributed by atoms with van der Waals surface area (Å²) in [5.74, 6) is -1.37. The molecule has 1 heterocycles. The first kappa shape index (κ1) is 10.0. The van der Waals surface area contributed by atoms with Crippen LogP contribution in [-0.4, -0.2) is 10.8 Å². The molecule has 2 rings (SSSR count). The van der Waals surface area contributed by atoms with Crippen LogP contribution < -0.4 is 5.32 Å². The smallest absolute Gasteiger partial charge is 0.310 e. The predicted molar refractivity (Wildman–Crippen MR) is 51.9 cm³/mol. The number of amides is 1. The standard InChI is InChI=1S/C8H4BrFN2O3/c9-4-1-5(10)7(12(14)15)3-2-11-8(13)6(3)4/h1H,2H2,(H,11,13). The number of carbonyl (C=O) groups is 1. The molecule has 0 radical (unpaired) electrons. The number of fused-ring (bicyclic) bond motifs is 1. The Morgan fingerprint density at radius 1 is 1.60 bits per heavy atom. The molecular weight excluding hydrogens is 271 g/mol. The van der Waals surface area contributed by atoms with Crippen LogP contribution in [0.2, 0.25) is 0 Å². The zero-order chi connectivity index (χ0) is 11.2. The molecule has 1 aliphatic rings. The minimum absolute atomic E-state index is 0.0131. The fourth-order valence-corrected chi connectivity index (χ4v) is 2.15. The van der Waals surface area contributed by atoms with Crippen molar-refractivity contribution in [1.29, 1.82) is 0 Å². The lowest BCUT2D eigenvalue weighted by atomic mass is 10.1. The average Bonchev–Trinajstić information content (AvgIpc) is 2.47. The van der Waals surface area contributed by atoms with Crippen molar-refractivity contribution in [3.63, 3.8) is 0 Å². The van der Waals surface area contributed by atoms with Crippen molar-refractivity contribution in [2.24, 2.45) is 0 Å². The number of nitrogens with zero attached hydrogens (tertiary/aromatic N) is 1. The van der Waals surface area contributed by atoms with Gasteiger partial charge in [-0.15, -0.1) is 0 Å². The zero-order valence-electron chi connectivity index (χ0n) is 7.21. The monoisotopic (exact) mass is 274 g/mol. The zero-order valence-corrected chi connectivity index (χ0v) is 8.80. The Bertz CT molecular complexity index is 489. The van der Waals surface area contributed by atoms with Crippen LogP contribution >= 0.6 is 15.9 Å². The SMILES string of the molecule is O=C1NCc2c1c(Br)cc(F)c2[N+](=O)[O-]. The molecule has 0 saturated carbocycles. The van der Waals surface area contributed by atoms with Crippen LogP contribution in [0.1, 0.15) is 15.9 Å². The summed E-state index contributed by atoms with van der Waals surface area (Å²) in [5, 5.41) is 13.0. The second-order valence-corrected chi connectivity index (χ2v) is 3.84. The third-order valence-electron chi connectivity index (χ3n) is 2.14. The van der Waals surface area contributed by atoms with Gasteiger partial charge >= 0.3 is 5.69 Å². The number of nitrogens with one attached hydrogen (secondary N) is 1. The van der Waals surface area contributed by atoms with Gasteiger partial charge < -0.3 is 5.32 Å². The van der Waals surface area contributed by atoms with Crippen LogP contribution in [0, 0.1) is 15.9 Å². The quantitative estimate of drug-likeness (QED) is 0.626. The molecule has 0 saturated heterocycles. The summed E-state index contributed by atoms with van der Waals surface area (Å²) in [4.78, 5) is 21.1. The third kappa shape index (κ3) is 1.39. The van der Waals surface area contributed by atoms with Gasteiger partial charge in [0.25, 0.3) is 5.91 Å². The Kier molecular flexibility index (Phi) is 2.18. The summed E-state index contributed by atoms with van der Waals surface area (Å²) in [6.45, 7) is -0.0131. The van der Waals surface area contributed by atoms with Gasteiger partial charge in [-0.25, -0.2) is 0 Å². The van der Waals surface area contributed by atoms with Gasteiger partial charge in [0.15, 0.2) is 0 Å². The topological polar surface area (TPSA) is 72.2 Å². The van der Waals surface area contributed by atoms with E-state index in [0.717, 1.165) is 6.07 Å². The van der Waals surface area contributed by atoms with Crippen molar-refractivity contribution in [1.82, 2.24) is 5.32 Å². The average molecular weight is 275 g/mol. The molecule has 1 aromatic carbocycles. The van der Waals surface area contributed by atoms with E-state index in [2.05, 4.69) is 21.2 Å². The highest BCUT2D eigenvalue weighted by Gasteiger charge is 2.33. The first-order valence-corrected chi connectivity index (χ1v) is 4.75. The van der Waals surface area contributed by atoms with E-state index in [1.165, 1.54) is 0 Å². The van der Waals surface area contributed by atoms with Gasteiger partial charge in [0, 0.05) is 4.47 Å². The van der Waals surface area contributed by atoms with E-state index in [1.807, 2.05) is 0 Å². The second kappa shape index (κ2) is 3.27. The van der Waals surface area contributed by atoms with E-state index < -0.39 is 22.3 Å². The van der Waals surface area contributed by atoms with Crippen molar-refractivity contribution in [2.75, 3.05) is 0 Å². The van der Waals surface area contributed by atoms with Crippen LogP contribution in [0.3, 0.4) is 0 Å². The number of nitro groups is 1. The molecule has 0 aromatic heterocycles. The molecule has 1 aromatic rings. The van der Waals surface area contributed by atoms with Gasteiger partial charge in [0.05, 0.1) is 22.6 Å². The Labute approximate surface area is 91.6 Å². The lowest BCUT2D eigenvalue weighted by molar-refractivity contribution is -0.388. The maximum absolute atomic E-state index is 13.3. The number of nitro benzene ring substituents is 1. The largest absolute Gasteiger partial charge is 0.348 e. The van der Waals surface area contributed by atoms with Gasteiger partial charge in [-0.3, -0.25) is 14.9 Å². The van der Waals surface area contributed by atoms with E-state index in [9.17, 15) is 19.3 Å². The molecule has 0 aliphatic carbocycles. The molecule has 15 heavy (non-hydrogen) atoms. The maximum Gasteiger partial charge on any atom is 0.310 e. The fraction of sp³-hybridized carbons (Fsp3) is 0.125. The molecule has 0 spiro atoms. The van der Waals surface area contributed by atoms with Crippen molar-refractivity contribution in [2.45, 2.75) is 6.54 Å². The minimum Gasteiger partial charge on any atom is -0.348 e. The van der Waals surface area contributed by atoms with Gasteiger partial charge in [-0.05, 0) is 22.0 Å². The Balaban J connectivity index is 2.79. The first-order valence-electron chi connectivity index (χ1n) is 3.96. The van der Waals surface area contributed by atoms with E-state index in [4.69, 9.17) is 0 Å². The highest BCUT2D eigenvalue weighted by Crippen LogP contribution is 2.34. The molecule has 7 heteroatoms. The molecule has 0 bridgehead atoms. The molecule has 1 N–H and O–H groups in total. The molecule has 1 aliphatic heterocycles. The summed E-state index contributed by atoms with van der Waals surface area (Å²) >= 11 is 3.00. The molecular formula is C8H4BrFN2O3. The number of halogens is 2. The Morgan fingerprint density at radius 2 is 2.27 bits per heavy atom. The van der Waals surface area contributed by atoms with Crippen LogP contribution in [0.4, 0.5) is 10.1 Å². The lowest BCUT2D eigenvalue weighted by Crippen LogP contribution is -2.12. The van der Waals surface area contributed by atoms with E-state index in [-0.39, 0.29) is 22.1 Å². The molecule has 1 amide bonds. The normalized spacial score (nSPS) is 13.6. The van der Waals surface area contributed by atoms with Crippen LogP contribution in [-0.2, 0) is 6.54 Å². The number of hydrogen-bond donors (Lipinski definition) is 1. The fourth-order valence-electron chi connectivity index (χ4n) is 1.53. The Hall–Kier alpha value is -1.50. The van der Waals surface area contributed by atoms with Crippen molar-refractivity contribution < 1.29 is 14.1 Å². The second-order valence-electron chi connectivity index (χ2n) is 2.98. The highest BCUT2D eigenvalue weighted by atomic mass is 79.9. The number of benzene rings is 1. The van der Waals surface area contributed by atoms with E-state index in [0.29, 0.717) is 0 Å². The lowest BCUT2D eigenvalue weighted by Gasteiger charge is -2.01. The molecule has 0 unspecified atom stereocenters. The Morgan fingerprint density at radius 3 is 2.87 bits per heavy atom. The van der Waals surface area contributed by atoms with Crippen LogP contribution in [0.15, 0.2) is 10.5 Å². The van der Waals surface area contributed by atoms with Gasteiger partial charge in [0.2, 0.25) is 5.82 Å². The predicted octanol–water partition coefficient (Wildman–Crippen LogP) is 1.74. The van der Waals surface area contributed by atoms with Crippen molar-refractivity contribution in [3.05, 3.63) is 37.6 Å². The summed E-state index contributed by atoms with van der Waals surface area (Å²) in [7, 11) is 0. The molecule has 0 fully saturated rings. The minimum atomic E-state index is -0.942. The summed E-state index contributed by atoms with van der Waals surface area (Å²) in [5.41, 5.74) is -0.397. The number of rotatable bonds is 1. The van der Waals surface area contributed by atoms with Gasteiger partial charge in [0.1, 0.15) is 0 Å². The van der Waals surface area contributed by atoms with Crippen molar-refractivity contribution >= 4 is 27.5 Å². The number of carbonyl (C=O) groups excluding carboxylic acids is 1. The maximum atomic E-state index is 13.3. The summed E-state index contributed by atoms with van der Waals surface area (Å²) in [6, 6.07) is 0.932.